The predicted molar refractivity (Wildman–Crippen MR) is 162 cm³/mol. The van der Waals surface area contributed by atoms with Crippen LogP contribution in [0.2, 0.25) is 0 Å². The van der Waals surface area contributed by atoms with Crippen molar-refractivity contribution in [2.24, 2.45) is 0 Å². The van der Waals surface area contributed by atoms with E-state index in [0.717, 1.165) is 27.8 Å². The van der Waals surface area contributed by atoms with E-state index in [9.17, 15) is 9.90 Å². The summed E-state index contributed by atoms with van der Waals surface area (Å²) in [4.78, 5) is 14.0. The van der Waals surface area contributed by atoms with Gasteiger partial charge < -0.3 is 28.8 Å². The number of ketones is 1. The van der Waals surface area contributed by atoms with Gasteiger partial charge in [0.05, 0.1) is 28.4 Å². The Hall–Kier alpha value is -3.71. The lowest BCUT2D eigenvalue weighted by atomic mass is 9.84. The van der Waals surface area contributed by atoms with Crippen molar-refractivity contribution in [1.82, 2.24) is 0 Å². The molecule has 1 N–H and O–H groups in total. The molecule has 0 unspecified atom stereocenters. The third-order valence-electron chi connectivity index (χ3n) is 7.14. The van der Waals surface area contributed by atoms with E-state index in [1.54, 1.807) is 27.4 Å². The zero-order chi connectivity index (χ0) is 30.4. The number of aliphatic hydroxyl groups is 1. The fraction of sp³-hybridized carbons (Fsp3) is 0.441. The van der Waals surface area contributed by atoms with Crippen molar-refractivity contribution in [3.8, 4) is 28.7 Å². The SMILES string of the molecule is COc1cc(OC)c2c(c1CC=C(C)C)O[C@H](c1c(CC=C(C)C)cc(OC)c(OC)c1CC=C(C)C)[C@@H](O)C2=O. The van der Waals surface area contributed by atoms with E-state index in [2.05, 4.69) is 18.2 Å². The third-order valence-corrected chi connectivity index (χ3v) is 7.14. The fourth-order valence-corrected chi connectivity index (χ4v) is 5.04. The van der Waals surface area contributed by atoms with E-state index in [1.807, 2.05) is 47.6 Å². The second-order valence-corrected chi connectivity index (χ2v) is 10.9. The highest BCUT2D eigenvalue weighted by molar-refractivity contribution is 6.06. The maximum absolute atomic E-state index is 14.0. The van der Waals surface area contributed by atoms with Crippen LogP contribution < -0.4 is 23.7 Å². The van der Waals surface area contributed by atoms with E-state index in [0.29, 0.717) is 59.1 Å². The molecule has 41 heavy (non-hydrogen) atoms. The van der Waals surface area contributed by atoms with Crippen LogP contribution in [0.1, 0.15) is 80.3 Å². The molecule has 0 bridgehead atoms. The zero-order valence-corrected chi connectivity index (χ0v) is 26.1. The van der Waals surface area contributed by atoms with Crippen LogP contribution in [-0.4, -0.2) is 45.4 Å². The molecule has 1 aliphatic heterocycles. The average molecular weight is 565 g/mol. The molecular formula is C34H44O7. The highest BCUT2D eigenvalue weighted by Crippen LogP contribution is 2.49. The minimum Gasteiger partial charge on any atom is -0.496 e. The van der Waals surface area contributed by atoms with Crippen molar-refractivity contribution in [3.05, 3.63) is 74.9 Å². The van der Waals surface area contributed by atoms with Gasteiger partial charge in [0.2, 0.25) is 5.78 Å². The summed E-state index contributed by atoms with van der Waals surface area (Å²) >= 11 is 0. The van der Waals surface area contributed by atoms with Crippen LogP contribution in [0.15, 0.2) is 47.1 Å². The van der Waals surface area contributed by atoms with E-state index in [-0.39, 0.29) is 5.56 Å². The molecule has 0 aromatic heterocycles. The largest absolute Gasteiger partial charge is 0.496 e. The van der Waals surface area contributed by atoms with Crippen LogP contribution >= 0.6 is 0 Å². The number of Topliss-reactive ketones (excluding diaryl/α,β-unsaturated/α-hetero) is 1. The van der Waals surface area contributed by atoms with Crippen molar-refractivity contribution in [3.63, 3.8) is 0 Å². The first-order valence-electron chi connectivity index (χ1n) is 13.8. The molecule has 1 aliphatic rings. The highest BCUT2D eigenvalue weighted by atomic mass is 16.5. The van der Waals surface area contributed by atoms with Gasteiger partial charge in [-0.3, -0.25) is 4.79 Å². The van der Waals surface area contributed by atoms with Gasteiger partial charge in [0.15, 0.2) is 23.7 Å². The maximum Gasteiger partial charge on any atom is 0.202 e. The van der Waals surface area contributed by atoms with Gasteiger partial charge in [-0.25, -0.2) is 0 Å². The summed E-state index contributed by atoms with van der Waals surface area (Å²) in [6.07, 6.45) is 5.30. The molecule has 3 rings (SSSR count). The van der Waals surface area contributed by atoms with Gasteiger partial charge in [0.1, 0.15) is 22.8 Å². The molecule has 0 saturated carbocycles. The Labute approximate surface area is 244 Å². The van der Waals surface area contributed by atoms with Crippen molar-refractivity contribution in [2.75, 3.05) is 28.4 Å². The molecule has 0 amide bonds. The molecule has 2 aromatic rings. The van der Waals surface area contributed by atoms with Gasteiger partial charge in [-0.2, -0.15) is 0 Å². The Morgan fingerprint density at radius 2 is 1.29 bits per heavy atom. The summed E-state index contributed by atoms with van der Waals surface area (Å²) in [5.74, 6) is 1.85. The Kier molecular flexibility index (Phi) is 10.7. The summed E-state index contributed by atoms with van der Waals surface area (Å²) in [6, 6.07) is 3.59. The number of carbonyl (C=O) groups excluding carboxylic acids is 1. The van der Waals surface area contributed by atoms with Crippen molar-refractivity contribution in [2.45, 2.75) is 73.0 Å². The summed E-state index contributed by atoms with van der Waals surface area (Å²) in [5, 5.41) is 11.6. The van der Waals surface area contributed by atoms with Crippen LogP contribution in [0.4, 0.5) is 0 Å². The first-order valence-corrected chi connectivity index (χ1v) is 13.8. The molecule has 0 saturated heterocycles. The molecule has 0 fully saturated rings. The molecule has 0 spiro atoms. The average Bonchev–Trinajstić information content (AvgIpc) is 2.94. The van der Waals surface area contributed by atoms with E-state index < -0.39 is 18.0 Å². The molecule has 2 aromatic carbocycles. The number of ether oxygens (including phenoxy) is 5. The molecule has 7 nitrogen and oxygen atoms in total. The first kappa shape index (κ1) is 31.8. The lowest BCUT2D eigenvalue weighted by Crippen LogP contribution is -2.38. The van der Waals surface area contributed by atoms with Crippen molar-refractivity contribution < 1.29 is 33.6 Å². The van der Waals surface area contributed by atoms with Gasteiger partial charge in [-0.1, -0.05) is 34.9 Å². The summed E-state index contributed by atoms with van der Waals surface area (Å²) < 4.78 is 29.6. The van der Waals surface area contributed by atoms with Gasteiger partial charge in [0, 0.05) is 22.8 Å². The Morgan fingerprint density at radius 1 is 0.756 bits per heavy atom. The number of carbonyl (C=O) groups is 1. The first-order chi connectivity index (χ1) is 19.5. The fourth-order valence-electron chi connectivity index (χ4n) is 5.04. The quantitative estimate of drug-likeness (QED) is 0.297. The predicted octanol–water partition coefficient (Wildman–Crippen LogP) is 6.92. The molecule has 2 atom stereocenters. The number of hydrogen-bond acceptors (Lipinski definition) is 7. The van der Waals surface area contributed by atoms with Gasteiger partial charge >= 0.3 is 0 Å². The topological polar surface area (TPSA) is 83.5 Å². The second-order valence-electron chi connectivity index (χ2n) is 10.9. The molecule has 0 radical (unpaired) electrons. The van der Waals surface area contributed by atoms with Gasteiger partial charge in [-0.15, -0.1) is 0 Å². The monoisotopic (exact) mass is 564 g/mol. The number of aliphatic hydroxyl groups excluding tert-OH is 1. The molecule has 222 valence electrons. The number of hydrogen-bond donors (Lipinski definition) is 1. The number of allylic oxidation sites excluding steroid dienone is 6. The van der Waals surface area contributed by atoms with Crippen LogP contribution in [0.3, 0.4) is 0 Å². The van der Waals surface area contributed by atoms with E-state index in [4.69, 9.17) is 23.7 Å². The summed E-state index contributed by atoms with van der Waals surface area (Å²) in [7, 11) is 6.26. The molecule has 1 heterocycles. The van der Waals surface area contributed by atoms with E-state index in [1.165, 1.54) is 7.11 Å². The minimum absolute atomic E-state index is 0.214. The van der Waals surface area contributed by atoms with Crippen LogP contribution in [0.5, 0.6) is 28.7 Å². The maximum atomic E-state index is 14.0. The Bertz CT molecular complexity index is 1370. The van der Waals surface area contributed by atoms with E-state index >= 15 is 0 Å². The van der Waals surface area contributed by atoms with Crippen LogP contribution in [-0.2, 0) is 19.3 Å². The van der Waals surface area contributed by atoms with Crippen molar-refractivity contribution in [1.29, 1.82) is 0 Å². The van der Waals surface area contributed by atoms with Crippen molar-refractivity contribution >= 4 is 5.78 Å². The lowest BCUT2D eigenvalue weighted by Gasteiger charge is -2.35. The second kappa shape index (κ2) is 13.8. The highest BCUT2D eigenvalue weighted by Gasteiger charge is 2.43. The Morgan fingerprint density at radius 3 is 1.80 bits per heavy atom. The number of benzene rings is 2. The van der Waals surface area contributed by atoms with Crippen LogP contribution in [0.25, 0.3) is 0 Å². The summed E-state index contributed by atoms with van der Waals surface area (Å²) in [5.41, 5.74) is 6.69. The van der Waals surface area contributed by atoms with Gasteiger partial charge in [0.25, 0.3) is 0 Å². The van der Waals surface area contributed by atoms with Crippen LogP contribution in [0, 0.1) is 0 Å². The molecular weight excluding hydrogens is 520 g/mol. The smallest absolute Gasteiger partial charge is 0.202 e. The Balaban J connectivity index is 2.41. The molecule has 0 aliphatic carbocycles. The number of methoxy groups -OCH3 is 4. The lowest BCUT2D eigenvalue weighted by molar-refractivity contribution is 0.0200. The number of fused-ring (bicyclic) bond motifs is 1. The zero-order valence-electron chi connectivity index (χ0n) is 26.1. The molecule has 7 heteroatoms. The standard InChI is InChI=1S/C34H44O7/c1-19(2)11-14-22-17-27(39-9)32(40-10)24(16-13-21(5)6)28(22)34-31(36)30(35)29-26(38-8)18-25(37-7)23(33(29)41-34)15-12-20(3)4/h11-13,17-18,31,34,36H,14-16H2,1-10H3/t31-,34+/m0/s1. The number of rotatable bonds is 11. The van der Waals surface area contributed by atoms with Gasteiger partial charge in [-0.05, 0) is 72.4 Å². The minimum atomic E-state index is -1.48. The third kappa shape index (κ3) is 6.79. The normalized spacial score (nSPS) is 15.7. The summed E-state index contributed by atoms with van der Waals surface area (Å²) in [6.45, 7) is 12.1.